The van der Waals surface area contributed by atoms with Crippen LogP contribution in [0.25, 0.3) is 11.0 Å². The van der Waals surface area contributed by atoms with Gasteiger partial charge in [0.1, 0.15) is 0 Å². The van der Waals surface area contributed by atoms with E-state index in [0.29, 0.717) is 11.8 Å². The third-order valence-electron chi connectivity index (χ3n) is 6.11. The maximum absolute atomic E-state index is 11.0. The Morgan fingerprint density at radius 1 is 1.12 bits per heavy atom. The van der Waals surface area contributed by atoms with Gasteiger partial charge in [0, 0.05) is 31.4 Å². The minimum atomic E-state index is -0.317. The monoisotopic (exact) mass is 328 g/mol. The van der Waals surface area contributed by atoms with Crippen LogP contribution in [0.4, 0.5) is 0 Å². The highest BCUT2D eigenvalue weighted by Crippen LogP contribution is 2.42. The molecule has 4 rings (SSSR count). The van der Waals surface area contributed by atoms with E-state index in [0.717, 1.165) is 24.1 Å². The average Bonchev–Trinajstić information content (AvgIpc) is 3.04. The molecule has 3 unspecified atom stereocenters. The molecule has 0 aromatic carbocycles. The maximum Gasteiger partial charge on any atom is 0.0881 e. The van der Waals surface area contributed by atoms with Crippen LogP contribution in [-0.4, -0.2) is 71.3 Å². The Hall–Kier alpha value is -1.43. The summed E-state index contributed by atoms with van der Waals surface area (Å²) in [6, 6.07) is 4.13. The molecule has 24 heavy (non-hydrogen) atoms. The molecule has 5 nitrogen and oxygen atoms in total. The molecule has 130 valence electrons. The van der Waals surface area contributed by atoms with Crippen molar-refractivity contribution in [2.45, 2.75) is 24.9 Å². The molecule has 2 aliphatic heterocycles. The van der Waals surface area contributed by atoms with E-state index in [-0.39, 0.29) is 12.0 Å². The SMILES string of the molecule is CN1CCC(C2CN(C)CC(O)C2c2ccnc3cc[nH]c23)CC1. The number of piperidine rings is 2. The van der Waals surface area contributed by atoms with Crippen LogP contribution in [0, 0.1) is 11.8 Å². The molecule has 4 heterocycles. The fourth-order valence-corrected chi connectivity index (χ4v) is 4.86. The lowest BCUT2D eigenvalue weighted by Crippen LogP contribution is -2.50. The number of nitrogens with zero attached hydrogens (tertiary/aromatic N) is 3. The highest BCUT2D eigenvalue weighted by molar-refractivity contribution is 5.79. The minimum Gasteiger partial charge on any atom is -0.391 e. The van der Waals surface area contributed by atoms with Gasteiger partial charge in [-0.25, -0.2) is 0 Å². The van der Waals surface area contributed by atoms with Crippen molar-refractivity contribution in [3.8, 4) is 0 Å². The molecule has 3 atom stereocenters. The number of aromatic nitrogens is 2. The van der Waals surface area contributed by atoms with Crippen molar-refractivity contribution >= 4 is 11.0 Å². The second-order valence-corrected chi connectivity index (χ2v) is 7.76. The number of nitrogens with one attached hydrogen (secondary N) is 1. The summed E-state index contributed by atoms with van der Waals surface area (Å²) in [6.45, 7) is 4.16. The molecule has 0 bridgehead atoms. The van der Waals surface area contributed by atoms with Crippen molar-refractivity contribution in [1.29, 1.82) is 0 Å². The largest absolute Gasteiger partial charge is 0.391 e. The second kappa shape index (κ2) is 6.47. The van der Waals surface area contributed by atoms with Gasteiger partial charge >= 0.3 is 0 Å². The number of pyridine rings is 1. The van der Waals surface area contributed by atoms with Crippen LogP contribution in [0.3, 0.4) is 0 Å². The van der Waals surface area contributed by atoms with Crippen LogP contribution in [0.1, 0.15) is 24.3 Å². The van der Waals surface area contributed by atoms with Crippen molar-refractivity contribution in [3.05, 3.63) is 30.1 Å². The Kier molecular flexibility index (Phi) is 4.33. The smallest absolute Gasteiger partial charge is 0.0881 e. The van der Waals surface area contributed by atoms with Crippen molar-refractivity contribution in [1.82, 2.24) is 19.8 Å². The van der Waals surface area contributed by atoms with Crippen molar-refractivity contribution in [2.24, 2.45) is 11.8 Å². The molecule has 2 aromatic heterocycles. The normalized spacial score (nSPS) is 30.9. The highest BCUT2D eigenvalue weighted by atomic mass is 16.3. The topological polar surface area (TPSA) is 55.4 Å². The lowest BCUT2D eigenvalue weighted by atomic mass is 9.69. The van der Waals surface area contributed by atoms with Gasteiger partial charge in [0.25, 0.3) is 0 Å². The summed E-state index contributed by atoms with van der Waals surface area (Å²) in [4.78, 5) is 12.5. The molecule has 2 saturated heterocycles. The molecule has 5 heteroatoms. The van der Waals surface area contributed by atoms with Crippen LogP contribution in [0.2, 0.25) is 0 Å². The molecule has 2 fully saturated rings. The van der Waals surface area contributed by atoms with Gasteiger partial charge in [-0.2, -0.15) is 0 Å². The van der Waals surface area contributed by atoms with Gasteiger partial charge < -0.3 is 19.9 Å². The summed E-state index contributed by atoms with van der Waals surface area (Å²) in [5.74, 6) is 1.38. The number of aromatic amines is 1. The van der Waals surface area contributed by atoms with Gasteiger partial charge in [0.2, 0.25) is 0 Å². The summed E-state index contributed by atoms with van der Waals surface area (Å²) in [5, 5.41) is 11.0. The summed E-state index contributed by atoms with van der Waals surface area (Å²) in [6.07, 6.45) is 5.99. The quantitative estimate of drug-likeness (QED) is 0.884. The Bertz CT molecular complexity index is 691. The fourth-order valence-electron chi connectivity index (χ4n) is 4.86. The molecular weight excluding hydrogens is 300 g/mol. The molecule has 2 aliphatic rings. The number of likely N-dealkylation sites (tertiary alicyclic amines) is 2. The number of aliphatic hydroxyl groups is 1. The van der Waals surface area contributed by atoms with Gasteiger partial charge in [0.15, 0.2) is 0 Å². The van der Waals surface area contributed by atoms with Gasteiger partial charge in [0.05, 0.1) is 17.1 Å². The highest BCUT2D eigenvalue weighted by Gasteiger charge is 2.41. The van der Waals surface area contributed by atoms with Gasteiger partial charge in [-0.1, -0.05) is 0 Å². The lowest BCUT2D eigenvalue weighted by molar-refractivity contribution is -0.00131. The van der Waals surface area contributed by atoms with E-state index in [4.69, 9.17) is 0 Å². The number of H-pyrrole nitrogens is 1. The average molecular weight is 328 g/mol. The summed E-state index contributed by atoms with van der Waals surface area (Å²) >= 11 is 0. The van der Waals surface area contributed by atoms with Crippen LogP contribution < -0.4 is 0 Å². The molecule has 0 spiro atoms. The van der Waals surface area contributed by atoms with Crippen LogP contribution in [0.15, 0.2) is 24.5 Å². The van der Waals surface area contributed by atoms with Gasteiger partial charge in [-0.15, -0.1) is 0 Å². The van der Waals surface area contributed by atoms with Crippen molar-refractivity contribution < 1.29 is 5.11 Å². The fraction of sp³-hybridized carbons (Fsp3) is 0.632. The molecular formula is C19H28N4O. The first kappa shape index (κ1) is 16.1. The van der Waals surface area contributed by atoms with Crippen molar-refractivity contribution in [2.75, 3.05) is 40.3 Å². The maximum atomic E-state index is 11.0. The van der Waals surface area contributed by atoms with Gasteiger partial charge in [-0.3, -0.25) is 4.98 Å². The third-order valence-corrected chi connectivity index (χ3v) is 6.11. The first-order valence-electron chi connectivity index (χ1n) is 9.10. The van der Waals surface area contributed by atoms with E-state index in [2.05, 4.69) is 39.9 Å². The van der Waals surface area contributed by atoms with E-state index in [1.807, 2.05) is 18.5 Å². The number of fused-ring (bicyclic) bond motifs is 1. The summed E-state index contributed by atoms with van der Waals surface area (Å²) < 4.78 is 0. The molecule has 0 saturated carbocycles. The van der Waals surface area contributed by atoms with E-state index in [9.17, 15) is 5.11 Å². The van der Waals surface area contributed by atoms with Crippen LogP contribution in [-0.2, 0) is 0 Å². The van der Waals surface area contributed by atoms with Gasteiger partial charge in [-0.05, 0) is 69.6 Å². The van der Waals surface area contributed by atoms with E-state index in [1.54, 1.807) is 0 Å². The van der Waals surface area contributed by atoms with E-state index in [1.165, 1.54) is 31.5 Å². The van der Waals surface area contributed by atoms with E-state index >= 15 is 0 Å². The molecule has 0 radical (unpaired) electrons. The predicted molar refractivity (Wildman–Crippen MR) is 96.0 cm³/mol. The Morgan fingerprint density at radius 2 is 1.92 bits per heavy atom. The van der Waals surface area contributed by atoms with E-state index < -0.39 is 0 Å². The minimum absolute atomic E-state index is 0.193. The number of hydrogen-bond acceptors (Lipinski definition) is 4. The third kappa shape index (κ3) is 2.85. The number of likely N-dealkylation sites (N-methyl/N-ethyl adjacent to an activating group) is 1. The number of β-amino-alcohol motifs (C(OH)–C–C–N with tert-alkyl or cyclic N) is 1. The zero-order chi connectivity index (χ0) is 16.7. The summed E-state index contributed by atoms with van der Waals surface area (Å²) in [5.41, 5.74) is 3.35. The molecule has 2 aromatic rings. The zero-order valence-electron chi connectivity index (χ0n) is 14.7. The Morgan fingerprint density at radius 3 is 2.71 bits per heavy atom. The number of hydrogen-bond donors (Lipinski definition) is 2. The first-order chi connectivity index (χ1) is 11.6. The van der Waals surface area contributed by atoms with Crippen LogP contribution in [0.5, 0.6) is 0 Å². The van der Waals surface area contributed by atoms with Crippen molar-refractivity contribution in [3.63, 3.8) is 0 Å². The predicted octanol–water partition coefficient (Wildman–Crippen LogP) is 1.91. The Labute approximate surface area is 143 Å². The second-order valence-electron chi connectivity index (χ2n) is 7.76. The lowest BCUT2D eigenvalue weighted by Gasteiger charge is -2.46. The standard InChI is InChI=1S/C19H28N4O/c1-22-9-5-13(6-10-22)15-11-23(2)12-17(24)18(15)14-3-7-20-16-4-8-21-19(14)16/h3-4,7-8,13,15,17-18,21,24H,5-6,9-12H2,1-2H3. The molecule has 0 amide bonds. The zero-order valence-corrected chi connectivity index (χ0v) is 14.7. The van der Waals surface area contributed by atoms with Crippen LogP contribution >= 0.6 is 0 Å². The number of aliphatic hydroxyl groups excluding tert-OH is 1. The molecule has 0 aliphatic carbocycles. The first-order valence-corrected chi connectivity index (χ1v) is 9.10. The summed E-state index contributed by atoms with van der Waals surface area (Å²) in [7, 11) is 4.35. The molecule has 2 N–H and O–H groups in total. The Balaban J connectivity index is 1.70. The number of rotatable bonds is 2.